The Hall–Kier alpha value is -8.29. The van der Waals surface area contributed by atoms with Gasteiger partial charge in [-0.2, -0.15) is 48.6 Å². The molecule has 2 aromatic heterocycles. The number of hydrogen-bond acceptors (Lipinski definition) is 23. The van der Waals surface area contributed by atoms with Crippen LogP contribution in [-0.4, -0.2) is 270 Å². The van der Waals surface area contributed by atoms with Crippen LogP contribution in [0.4, 0.5) is 81.2 Å². The number of quaternary nitrogens is 4. The first-order valence-electron chi connectivity index (χ1n) is 34.0. The van der Waals surface area contributed by atoms with Crippen molar-refractivity contribution in [1.82, 2.24) is 48.7 Å². The Morgan fingerprint density at radius 3 is 1.06 bits per heavy atom. The summed E-state index contributed by atoms with van der Waals surface area (Å²) in [5.74, 6) is 4.10. The molecule has 6 heterocycles. The van der Waals surface area contributed by atoms with E-state index in [1.54, 1.807) is 12.1 Å². The summed E-state index contributed by atoms with van der Waals surface area (Å²) in [5, 5.41) is 49.9. The lowest BCUT2D eigenvalue weighted by Crippen LogP contribution is -3.00. The minimum atomic E-state index is -3.16. The standard InChI is InChI=1S/C36H51N11O.C34H45N11O.C2H6O3S.2ClH/c1-45(2,3)28-16-10-25-11-17-32(48)33(31(25)22-28)42-41-27-14-12-26(13-15-27)37-34-38-35(43-20-18-29(23-43)46(4,5)6)40-36(39-34)44-21-19-30(24-44)47(7,8)9;1-41(2)26-16-18-43(21-26)33-36-32(37-34(38-33)44-19-17-27(22-44)42(3)4)35-24-10-12-25(13-11-24)39-40-31-29-20-28(45(5,6)7)14-8-23(29)9-15-30(31)46;1-5-6(2,3)4;;/h10-17,22,29-30H,18-21,23-24H2,1-9H3,(H-,37,38,39,40,41,42,48);8-15,20,26-27H,16-19,21-22H2,1-7H3,(H-,35,36,37,38,39,40,46);1-2H3;2*1H/q+2;;;;. The SMILES string of the molecule is CN(C)C1CCN(c2nc(Nc3ccc(N=Nc4c(O)ccc5ccc([N+](C)(C)C)cc45)cc3)nc(N3CCC(N(C)C)C3)n2)C1.COS(C)(=O)=O.C[N+](C)(C)c1ccc2ccc(O)c(N=Nc3ccc(Nc4nc(N5CCC([N+](C)(C)C)C5)nc(N5CCC([N+](C)(C)C)C5)n4)cc3)c2c1.[Cl-].[Cl-]. The number of phenols is 2. The summed E-state index contributed by atoms with van der Waals surface area (Å²) in [7, 11) is 32.7. The second-order valence-corrected chi connectivity index (χ2v) is 32.3. The van der Waals surface area contributed by atoms with E-state index < -0.39 is 10.1 Å². The Bertz CT molecular complexity index is 4260. The van der Waals surface area contributed by atoms with Gasteiger partial charge in [0.1, 0.15) is 46.3 Å². The van der Waals surface area contributed by atoms with E-state index in [2.05, 4.69) is 214 Å². The fourth-order valence-corrected chi connectivity index (χ4v) is 12.5. The number of aromatic hydroxyl groups is 2. The van der Waals surface area contributed by atoms with E-state index in [1.165, 1.54) is 0 Å². The number of aromatic nitrogens is 6. The maximum absolute atomic E-state index is 10.7. The summed E-state index contributed by atoms with van der Waals surface area (Å²) in [6.45, 7) is 7.27. The van der Waals surface area contributed by atoms with Crippen LogP contribution in [0.2, 0.25) is 0 Å². The second-order valence-electron chi connectivity index (χ2n) is 30.5. The van der Waals surface area contributed by atoms with Crippen molar-refractivity contribution >= 4 is 113 Å². The van der Waals surface area contributed by atoms with Crippen molar-refractivity contribution in [1.29, 1.82) is 0 Å². The smallest absolute Gasteiger partial charge is 0.264 e. The number of phenolic OH excluding ortho intramolecular Hbond substituents is 2. The van der Waals surface area contributed by atoms with Gasteiger partial charge in [0.25, 0.3) is 10.1 Å². The largest absolute Gasteiger partial charge is 1.00 e. The summed E-state index contributed by atoms with van der Waals surface area (Å²) in [6, 6.07) is 36.9. The molecule has 0 amide bonds. The topological polar surface area (TPSA) is 254 Å². The summed E-state index contributed by atoms with van der Waals surface area (Å²) in [4.78, 5) is 43.2. The highest BCUT2D eigenvalue weighted by molar-refractivity contribution is 7.85. The first-order chi connectivity index (χ1) is 47.0. The van der Waals surface area contributed by atoms with Crippen LogP contribution in [0.3, 0.4) is 0 Å². The van der Waals surface area contributed by atoms with Crippen LogP contribution in [0.1, 0.15) is 25.7 Å². The minimum absolute atomic E-state index is 0. The van der Waals surface area contributed by atoms with E-state index in [1.807, 2.05) is 60.7 Å². The fourth-order valence-electron chi connectivity index (χ4n) is 12.5. The second kappa shape index (κ2) is 32.6. The molecule has 0 saturated carbocycles. The summed E-state index contributed by atoms with van der Waals surface area (Å²) >= 11 is 0. The molecule has 4 fully saturated rings. The number of nitrogens with one attached hydrogen (secondary N) is 2. The molecule has 4 saturated heterocycles. The van der Waals surface area contributed by atoms with Gasteiger partial charge in [-0.15, -0.1) is 10.2 Å². The number of rotatable bonds is 19. The van der Waals surface area contributed by atoms with Gasteiger partial charge >= 0.3 is 0 Å². The van der Waals surface area contributed by atoms with Gasteiger partial charge in [-0.05, 0) is 137 Å². The average Bonchev–Trinajstić information content (AvgIpc) is 1.28. The van der Waals surface area contributed by atoms with Gasteiger partial charge < -0.3 is 84.0 Å². The molecule has 30 heteroatoms. The van der Waals surface area contributed by atoms with Crippen LogP contribution in [0.5, 0.6) is 11.5 Å². The molecule has 4 N–H and O–H groups in total. The molecule has 4 aliphatic rings. The Morgan fingerprint density at radius 2 is 0.775 bits per heavy atom. The zero-order valence-electron chi connectivity index (χ0n) is 62.4. The zero-order chi connectivity index (χ0) is 72.2. The zero-order valence-corrected chi connectivity index (χ0v) is 64.7. The van der Waals surface area contributed by atoms with E-state index in [0.29, 0.717) is 79.7 Å². The molecule has 12 rings (SSSR count). The van der Waals surface area contributed by atoms with E-state index in [-0.39, 0.29) is 36.3 Å². The summed E-state index contributed by atoms with van der Waals surface area (Å²) in [6.07, 6.45) is 5.35. The van der Waals surface area contributed by atoms with Crippen molar-refractivity contribution in [3.8, 4) is 11.5 Å². The van der Waals surface area contributed by atoms with Gasteiger partial charge in [-0.3, -0.25) is 13.1 Å². The Balaban J connectivity index is 0.000000235. The van der Waals surface area contributed by atoms with Crippen molar-refractivity contribution in [2.75, 3.05) is 209 Å². The number of azo groups is 2. The third-order valence-electron chi connectivity index (χ3n) is 19.2. The van der Waals surface area contributed by atoms with Crippen molar-refractivity contribution in [3.05, 3.63) is 109 Å². The maximum atomic E-state index is 10.7. The number of fused-ring (bicyclic) bond motifs is 2. The lowest BCUT2D eigenvalue weighted by atomic mass is 10.1. The quantitative estimate of drug-likeness (QED) is 0.0489. The molecular formula is C72H104Cl2N22O5S+2. The van der Waals surface area contributed by atoms with Gasteiger partial charge in [0, 0.05) is 98.5 Å². The lowest BCUT2D eigenvalue weighted by molar-refractivity contribution is -0.893. The van der Waals surface area contributed by atoms with Gasteiger partial charge in [0.2, 0.25) is 35.7 Å². The number of hydrogen-bond donors (Lipinski definition) is 4. The molecule has 27 nitrogen and oxygen atoms in total. The number of nitrogens with zero attached hydrogens (tertiary/aromatic N) is 20. The molecule has 102 heavy (non-hydrogen) atoms. The Kier molecular flexibility index (Phi) is 25.4. The molecule has 0 spiro atoms. The summed E-state index contributed by atoms with van der Waals surface area (Å²) in [5.41, 5.74) is 6.15. The predicted molar refractivity (Wildman–Crippen MR) is 406 cm³/mol. The van der Waals surface area contributed by atoms with Crippen molar-refractivity contribution < 1.29 is 56.6 Å². The van der Waals surface area contributed by atoms with E-state index in [0.717, 1.165) is 157 Å². The Labute approximate surface area is 614 Å². The average molecular weight is 1460 g/mol. The highest BCUT2D eigenvalue weighted by Crippen LogP contribution is 2.41. The van der Waals surface area contributed by atoms with Crippen LogP contribution in [-0.2, 0) is 14.3 Å². The number of likely N-dealkylation sites (N-methyl/N-ethyl adjacent to an activating group) is 4. The molecular weight excluding hydrogens is 1360 g/mol. The molecule has 8 aromatic rings. The van der Waals surface area contributed by atoms with E-state index >= 15 is 0 Å². The molecule has 4 atom stereocenters. The van der Waals surface area contributed by atoms with Gasteiger partial charge in [-0.1, -0.05) is 12.1 Å². The van der Waals surface area contributed by atoms with Gasteiger partial charge in [-0.25, -0.2) is 0 Å². The van der Waals surface area contributed by atoms with Crippen LogP contribution in [0, 0.1) is 0 Å². The van der Waals surface area contributed by atoms with Crippen molar-refractivity contribution in [2.24, 2.45) is 20.5 Å². The number of benzene rings is 6. The van der Waals surface area contributed by atoms with Crippen molar-refractivity contribution in [2.45, 2.75) is 49.9 Å². The third kappa shape index (κ3) is 20.3. The molecule has 550 valence electrons. The van der Waals surface area contributed by atoms with Crippen LogP contribution in [0.25, 0.3) is 21.5 Å². The number of anilines is 8. The lowest BCUT2D eigenvalue weighted by Gasteiger charge is -2.31. The van der Waals surface area contributed by atoms with E-state index in [4.69, 9.17) is 29.9 Å². The van der Waals surface area contributed by atoms with Crippen molar-refractivity contribution in [3.63, 3.8) is 0 Å². The monoisotopic (exact) mass is 1460 g/mol. The first-order valence-corrected chi connectivity index (χ1v) is 35.8. The molecule has 0 radical (unpaired) electrons. The molecule has 6 aromatic carbocycles. The number of halogens is 2. The first kappa shape index (κ1) is 79.4. The normalized spacial score (nSPS) is 18.3. The van der Waals surface area contributed by atoms with Crippen LogP contribution < -0.4 is 64.0 Å². The fraction of sp³-hybridized carbons (Fsp3) is 0.472. The maximum Gasteiger partial charge on any atom is 0.264 e. The molecule has 0 aliphatic carbocycles. The van der Waals surface area contributed by atoms with Gasteiger partial charge in [0.15, 0.2) is 0 Å². The highest BCUT2D eigenvalue weighted by Gasteiger charge is 2.37. The van der Waals surface area contributed by atoms with E-state index in [9.17, 15) is 18.6 Å². The van der Waals surface area contributed by atoms with Gasteiger partial charge in [0.05, 0.1) is 122 Å². The molecule has 4 aliphatic heterocycles. The van der Waals surface area contributed by atoms with Crippen LogP contribution in [0.15, 0.2) is 130 Å². The third-order valence-corrected chi connectivity index (χ3v) is 19.8. The Morgan fingerprint density at radius 1 is 0.461 bits per heavy atom. The molecule has 0 bridgehead atoms. The minimum Gasteiger partial charge on any atom is -1.00 e. The molecule has 4 unspecified atom stereocenters. The van der Waals surface area contributed by atoms with Crippen LogP contribution >= 0.6 is 0 Å². The summed E-state index contributed by atoms with van der Waals surface area (Å²) < 4.78 is 26.6. The predicted octanol–water partition coefficient (Wildman–Crippen LogP) is 4.62. The highest BCUT2D eigenvalue weighted by atomic mass is 35.5.